The molecule has 3 heteroatoms. The summed E-state index contributed by atoms with van der Waals surface area (Å²) in [6.45, 7) is 10.0. The highest BCUT2D eigenvalue weighted by molar-refractivity contribution is 5.34. The second kappa shape index (κ2) is 8.35. The maximum Gasteiger partial charge on any atom is 0.233 e. The fourth-order valence-corrected chi connectivity index (χ4v) is 1.58. The standard InChI is InChI=1S/C13H16N2O.C2H6.CH4/c1-10(2)16-13-9-11(3)15(14-13)12-7-5-4-6-8-12;1-2;/h4-10H,1-3H3;1-2H3;1H4. The van der Waals surface area contributed by atoms with Crippen LogP contribution >= 0.6 is 0 Å². The van der Waals surface area contributed by atoms with Crippen molar-refractivity contribution in [3.63, 3.8) is 0 Å². The van der Waals surface area contributed by atoms with E-state index in [4.69, 9.17) is 4.74 Å². The molecule has 2 aromatic rings. The van der Waals surface area contributed by atoms with E-state index < -0.39 is 0 Å². The second-order valence-electron chi connectivity index (χ2n) is 4.04. The molecule has 0 saturated heterocycles. The summed E-state index contributed by atoms with van der Waals surface area (Å²) in [6.07, 6.45) is 0.151. The Hall–Kier alpha value is -1.77. The summed E-state index contributed by atoms with van der Waals surface area (Å²) in [5, 5.41) is 4.41. The lowest BCUT2D eigenvalue weighted by atomic mass is 10.3. The van der Waals surface area contributed by atoms with Gasteiger partial charge in [-0.15, -0.1) is 5.10 Å². The van der Waals surface area contributed by atoms with Crippen molar-refractivity contribution in [2.45, 2.75) is 48.1 Å². The van der Waals surface area contributed by atoms with E-state index in [1.54, 1.807) is 0 Å². The summed E-state index contributed by atoms with van der Waals surface area (Å²) in [5.41, 5.74) is 2.13. The Kier molecular flexibility index (Phi) is 7.57. The molecule has 0 aliphatic heterocycles. The number of aromatic nitrogens is 2. The molecule has 0 aliphatic rings. The third kappa shape index (κ3) is 4.78. The Morgan fingerprint density at radius 3 is 2.21 bits per heavy atom. The van der Waals surface area contributed by atoms with Crippen LogP contribution in [0.2, 0.25) is 0 Å². The lowest BCUT2D eigenvalue weighted by molar-refractivity contribution is 0.231. The quantitative estimate of drug-likeness (QED) is 0.806. The Morgan fingerprint density at radius 1 is 1.11 bits per heavy atom. The molecule has 0 amide bonds. The molecule has 0 atom stereocenters. The zero-order valence-corrected chi connectivity index (χ0v) is 11.8. The average molecular weight is 262 g/mol. The van der Waals surface area contributed by atoms with Crippen molar-refractivity contribution in [3.05, 3.63) is 42.1 Å². The van der Waals surface area contributed by atoms with E-state index in [0.717, 1.165) is 11.4 Å². The Morgan fingerprint density at radius 2 is 1.68 bits per heavy atom. The van der Waals surface area contributed by atoms with E-state index >= 15 is 0 Å². The zero-order valence-electron chi connectivity index (χ0n) is 11.8. The first kappa shape index (κ1) is 17.2. The number of nitrogens with zero attached hydrogens (tertiary/aromatic N) is 2. The lowest BCUT2D eigenvalue weighted by Gasteiger charge is -2.05. The van der Waals surface area contributed by atoms with Crippen molar-refractivity contribution < 1.29 is 4.74 Å². The van der Waals surface area contributed by atoms with Gasteiger partial charge in [0.15, 0.2) is 0 Å². The van der Waals surface area contributed by atoms with Gasteiger partial charge in [-0.1, -0.05) is 39.5 Å². The van der Waals surface area contributed by atoms with Crippen molar-refractivity contribution in [2.24, 2.45) is 0 Å². The molecular weight excluding hydrogens is 236 g/mol. The highest BCUT2D eigenvalue weighted by Gasteiger charge is 2.07. The first-order valence-corrected chi connectivity index (χ1v) is 6.45. The summed E-state index contributed by atoms with van der Waals surface area (Å²) in [7, 11) is 0. The van der Waals surface area contributed by atoms with Crippen LogP contribution in [0.25, 0.3) is 5.69 Å². The predicted molar refractivity (Wildman–Crippen MR) is 82.1 cm³/mol. The van der Waals surface area contributed by atoms with Crippen molar-refractivity contribution in [3.8, 4) is 11.6 Å². The van der Waals surface area contributed by atoms with E-state index in [2.05, 4.69) is 5.10 Å². The first-order chi connectivity index (χ1) is 8.66. The molecule has 19 heavy (non-hydrogen) atoms. The number of para-hydroxylation sites is 1. The minimum absolute atomic E-state index is 0. The van der Waals surface area contributed by atoms with Gasteiger partial charge in [0.05, 0.1) is 11.8 Å². The van der Waals surface area contributed by atoms with Crippen LogP contribution in [0.15, 0.2) is 36.4 Å². The molecule has 1 aromatic heterocycles. The molecular formula is C16H26N2O. The monoisotopic (exact) mass is 262 g/mol. The third-order valence-electron chi connectivity index (χ3n) is 2.22. The van der Waals surface area contributed by atoms with Gasteiger partial charge in [-0.05, 0) is 32.9 Å². The lowest BCUT2D eigenvalue weighted by Crippen LogP contribution is -2.06. The fraction of sp³-hybridized carbons (Fsp3) is 0.438. The molecule has 1 heterocycles. The van der Waals surface area contributed by atoms with E-state index in [1.165, 1.54) is 0 Å². The number of rotatable bonds is 3. The van der Waals surface area contributed by atoms with Gasteiger partial charge in [-0.2, -0.15) is 0 Å². The molecule has 106 valence electrons. The van der Waals surface area contributed by atoms with Crippen LogP contribution in [-0.4, -0.2) is 15.9 Å². The SMILES string of the molecule is C.CC.Cc1cc(OC(C)C)nn1-c1ccccc1. The third-order valence-corrected chi connectivity index (χ3v) is 2.22. The van der Waals surface area contributed by atoms with Gasteiger partial charge in [0, 0.05) is 11.8 Å². The molecule has 0 fully saturated rings. The number of hydrogen-bond acceptors (Lipinski definition) is 2. The normalized spacial score (nSPS) is 9.37. The van der Waals surface area contributed by atoms with Crippen LogP contribution < -0.4 is 4.74 Å². The molecule has 0 bridgehead atoms. The summed E-state index contributed by atoms with van der Waals surface area (Å²) < 4.78 is 7.45. The van der Waals surface area contributed by atoms with Crippen LogP contribution in [0.4, 0.5) is 0 Å². The Bertz CT molecular complexity index is 461. The molecule has 2 rings (SSSR count). The van der Waals surface area contributed by atoms with Crippen LogP contribution in [-0.2, 0) is 0 Å². The number of benzene rings is 1. The Labute approximate surface area is 117 Å². The molecule has 0 saturated carbocycles. The van der Waals surface area contributed by atoms with E-state index in [0.29, 0.717) is 5.88 Å². The van der Waals surface area contributed by atoms with Gasteiger partial charge in [0.2, 0.25) is 5.88 Å². The fourth-order valence-electron chi connectivity index (χ4n) is 1.58. The molecule has 1 aromatic carbocycles. The van der Waals surface area contributed by atoms with Gasteiger partial charge in [0.25, 0.3) is 0 Å². The van der Waals surface area contributed by atoms with Crippen LogP contribution in [0.1, 0.15) is 40.8 Å². The summed E-state index contributed by atoms with van der Waals surface area (Å²) in [6, 6.07) is 12.0. The van der Waals surface area contributed by atoms with Crippen LogP contribution in [0.3, 0.4) is 0 Å². The number of ether oxygens (including phenoxy) is 1. The van der Waals surface area contributed by atoms with E-state index in [1.807, 2.05) is 75.7 Å². The van der Waals surface area contributed by atoms with Crippen molar-refractivity contribution in [2.75, 3.05) is 0 Å². The minimum atomic E-state index is 0. The maximum atomic E-state index is 5.57. The maximum absolute atomic E-state index is 5.57. The number of aryl methyl sites for hydroxylation is 1. The van der Waals surface area contributed by atoms with Gasteiger partial charge >= 0.3 is 0 Å². The predicted octanol–water partition coefficient (Wildman–Crippen LogP) is 4.63. The molecule has 0 N–H and O–H groups in total. The van der Waals surface area contributed by atoms with E-state index in [-0.39, 0.29) is 13.5 Å². The Balaban J connectivity index is 0.00000103. The summed E-state index contributed by atoms with van der Waals surface area (Å²) in [5.74, 6) is 0.677. The zero-order chi connectivity index (χ0) is 13.5. The topological polar surface area (TPSA) is 27.1 Å². The van der Waals surface area contributed by atoms with Gasteiger partial charge in [0.1, 0.15) is 0 Å². The average Bonchev–Trinajstić information content (AvgIpc) is 2.73. The first-order valence-electron chi connectivity index (χ1n) is 6.45. The molecule has 3 nitrogen and oxygen atoms in total. The smallest absolute Gasteiger partial charge is 0.233 e. The summed E-state index contributed by atoms with van der Waals surface area (Å²) >= 11 is 0. The summed E-state index contributed by atoms with van der Waals surface area (Å²) in [4.78, 5) is 0. The van der Waals surface area contributed by atoms with Crippen molar-refractivity contribution in [1.82, 2.24) is 9.78 Å². The highest BCUT2D eigenvalue weighted by atomic mass is 16.5. The largest absolute Gasteiger partial charge is 0.474 e. The van der Waals surface area contributed by atoms with Crippen molar-refractivity contribution >= 4 is 0 Å². The highest BCUT2D eigenvalue weighted by Crippen LogP contribution is 2.17. The van der Waals surface area contributed by atoms with Gasteiger partial charge < -0.3 is 4.74 Å². The van der Waals surface area contributed by atoms with Crippen LogP contribution in [0, 0.1) is 6.92 Å². The van der Waals surface area contributed by atoms with Gasteiger partial charge in [-0.3, -0.25) is 0 Å². The molecule has 0 radical (unpaired) electrons. The second-order valence-corrected chi connectivity index (χ2v) is 4.04. The molecule has 0 aliphatic carbocycles. The van der Waals surface area contributed by atoms with Gasteiger partial charge in [-0.25, -0.2) is 4.68 Å². The minimum Gasteiger partial charge on any atom is -0.474 e. The number of hydrogen-bond donors (Lipinski definition) is 0. The van der Waals surface area contributed by atoms with Crippen molar-refractivity contribution in [1.29, 1.82) is 0 Å². The van der Waals surface area contributed by atoms with Crippen LogP contribution in [0.5, 0.6) is 5.88 Å². The molecule has 0 spiro atoms. The van der Waals surface area contributed by atoms with E-state index in [9.17, 15) is 0 Å². The molecule has 0 unspecified atom stereocenters.